The number of benzene rings is 2. The summed E-state index contributed by atoms with van der Waals surface area (Å²) in [5, 5.41) is 6.77. The smallest absolute Gasteiger partial charge is 0.315 e. The minimum absolute atomic E-state index is 0.255. The molecule has 2 unspecified atom stereocenters. The summed E-state index contributed by atoms with van der Waals surface area (Å²) >= 11 is 0. The van der Waals surface area contributed by atoms with E-state index in [2.05, 4.69) is 10.6 Å². The van der Waals surface area contributed by atoms with Crippen molar-refractivity contribution in [3.63, 3.8) is 0 Å². The maximum atomic E-state index is 14.1. The first-order valence-electron chi connectivity index (χ1n) is 14.2. The Kier molecular flexibility index (Phi) is 9.27. The van der Waals surface area contributed by atoms with Gasteiger partial charge < -0.3 is 20.1 Å². The molecule has 206 valence electrons. The highest BCUT2D eigenvalue weighted by Gasteiger charge is 2.44. The van der Waals surface area contributed by atoms with Gasteiger partial charge in [-0.25, -0.2) is 0 Å². The summed E-state index contributed by atoms with van der Waals surface area (Å²) in [5.74, 6) is -1.91. The zero-order valence-corrected chi connectivity index (χ0v) is 23.4. The Labute approximate surface area is 227 Å². The Bertz CT molecular complexity index is 956. The van der Waals surface area contributed by atoms with E-state index in [1.807, 2.05) is 88.4 Å². The van der Waals surface area contributed by atoms with Crippen LogP contribution in [-0.4, -0.2) is 49.3 Å². The third-order valence-electron chi connectivity index (χ3n) is 8.53. The van der Waals surface area contributed by atoms with Crippen LogP contribution in [0.2, 0.25) is 0 Å². The van der Waals surface area contributed by atoms with Crippen LogP contribution in [0.1, 0.15) is 76.3 Å². The van der Waals surface area contributed by atoms with Gasteiger partial charge in [-0.3, -0.25) is 9.59 Å². The summed E-state index contributed by atoms with van der Waals surface area (Å²) in [6.07, 6.45) is 3.80. The van der Waals surface area contributed by atoms with Crippen molar-refractivity contribution in [2.45, 2.75) is 76.4 Å². The molecule has 0 aliphatic carbocycles. The van der Waals surface area contributed by atoms with Crippen LogP contribution in [0, 0.1) is 11.8 Å². The lowest BCUT2D eigenvalue weighted by Crippen LogP contribution is -2.46. The van der Waals surface area contributed by atoms with Crippen molar-refractivity contribution < 1.29 is 19.1 Å². The first kappa shape index (κ1) is 28.3. The fourth-order valence-electron chi connectivity index (χ4n) is 6.10. The summed E-state index contributed by atoms with van der Waals surface area (Å²) in [6.45, 7) is 11.7. The Morgan fingerprint density at radius 2 is 0.947 bits per heavy atom. The van der Waals surface area contributed by atoms with Gasteiger partial charge in [0.05, 0.1) is 11.8 Å². The van der Waals surface area contributed by atoms with Gasteiger partial charge in [0.1, 0.15) is 11.2 Å². The van der Waals surface area contributed by atoms with Crippen LogP contribution < -0.4 is 10.6 Å². The molecular weight excluding hydrogens is 476 g/mol. The van der Waals surface area contributed by atoms with Crippen LogP contribution in [0.15, 0.2) is 60.7 Å². The van der Waals surface area contributed by atoms with Gasteiger partial charge in [-0.1, -0.05) is 60.7 Å². The van der Waals surface area contributed by atoms with Gasteiger partial charge in [0.15, 0.2) is 0 Å². The molecule has 2 aliphatic heterocycles. The molecule has 6 nitrogen and oxygen atoms in total. The highest BCUT2D eigenvalue weighted by atomic mass is 16.6. The van der Waals surface area contributed by atoms with Gasteiger partial charge >= 0.3 is 11.9 Å². The lowest BCUT2D eigenvalue weighted by molar-refractivity contribution is -0.174. The van der Waals surface area contributed by atoms with Gasteiger partial charge in [-0.15, -0.1) is 0 Å². The van der Waals surface area contributed by atoms with E-state index >= 15 is 0 Å². The second-order valence-corrected chi connectivity index (χ2v) is 11.9. The van der Waals surface area contributed by atoms with Crippen LogP contribution in [0.3, 0.4) is 0 Å². The summed E-state index contributed by atoms with van der Waals surface area (Å²) in [6, 6.07) is 19.1. The molecule has 6 heteroatoms. The molecular formula is C32H44N2O4. The minimum Gasteiger partial charge on any atom is -0.459 e. The van der Waals surface area contributed by atoms with E-state index in [-0.39, 0.29) is 23.8 Å². The van der Waals surface area contributed by atoms with Crippen molar-refractivity contribution in [1.82, 2.24) is 10.6 Å². The lowest BCUT2D eigenvalue weighted by Gasteiger charge is -2.40. The average molecular weight is 521 g/mol. The molecule has 0 amide bonds. The minimum atomic E-state index is -0.823. The Morgan fingerprint density at radius 3 is 1.26 bits per heavy atom. The normalized spacial score (nSPS) is 19.4. The van der Waals surface area contributed by atoms with E-state index < -0.39 is 23.0 Å². The van der Waals surface area contributed by atoms with Gasteiger partial charge in [-0.2, -0.15) is 0 Å². The van der Waals surface area contributed by atoms with Gasteiger partial charge in [0, 0.05) is 11.8 Å². The number of rotatable bonds is 9. The Hall–Kier alpha value is -2.70. The van der Waals surface area contributed by atoms with Crippen molar-refractivity contribution in [3.05, 3.63) is 71.8 Å². The summed E-state index contributed by atoms with van der Waals surface area (Å²) in [7, 11) is 0. The molecule has 2 aromatic rings. The highest BCUT2D eigenvalue weighted by Crippen LogP contribution is 2.40. The molecule has 0 spiro atoms. The molecule has 2 fully saturated rings. The third-order valence-corrected chi connectivity index (χ3v) is 8.53. The van der Waals surface area contributed by atoms with Crippen LogP contribution in [0.4, 0.5) is 0 Å². The quantitative estimate of drug-likeness (QED) is 0.443. The number of carbonyl (C=O) groups is 2. The second-order valence-electron chi connectivity index (χ2n) is 11.9. The van der Waals surface area contributed by atoms with E-state index in [0.29, 0.717) is 0 Å². The van der Waals surface area contributed by atoms with E-state index in [1.165, 1.54) is 0 Å². The summed E-state index contributed by atoms with van der Waals surface area (Å²) in [4.78, 5) is 28.3. The topological polar surface area (TPSA) is 76.7 Å². The van der Waals surface area contributed by atoms with Crippen molar-refractivity contribution in [3.8, 4) is 0 Å². The standard InChI is InChI=1S/C32H44N2O4/c1-31(2,25-15-19-33-20-16-25)37-29(35)27(23-11-7-5-8-12-23)28(24-13-9-6-10-14-24)30(36)38-32(3,4)26-17-21-34-22-18-26/h5-14,25-28,33-34H,15-22H2,1-4H3. The molecule has 2 heterocycles. The van der Waals surface area contributed by atoms with Gasteiger partial charge in [0.2, 0.25) is 0 Å². The monoisotopic (exact) mass is 520 g/mol. The first-order valence-corrected chi connectivity index (χ1v) is 14.2. The van der Waals surface area contributed by atoms with E-state index in [1.54, 1.807) is 0 Å². The lowest BCUT2D eigenvalue weighted by atomic mass is 9.79. The SMILES string of the molecule is CC(C)(OC(=O)C(c1ccccc1)C(C(=O)OC(C)(C)C1CCNCC1)c1ccccc1)C1CCNCC1. The molecule has 0 bridgehead atoms. The number of hydrogen-bond donors (Lipinski definition) is 2. The number of hydrogen-bond acceptors (Lipinski definition) is 6. The Morgan fingerprint density at radius 1 is 0.632 bits per heavy atom. The van der Waals surface area contributed by atoms with Crippen molar-refractivity contribution in [2.24, 2.45) is 11.8 Å². The fraction of sp³-hybridized carbons (Fsp3) is 0.562. The molecule has 2 aromatic carbocycles. The van der Waals surface area contributed by atoms with E-state index in [4.69, 9.17) is 9.47 Å². The molecule has 0 aromatic heterocycles. The zero-order chi connectivity index (χ0) is 27.2. The Balaban J connectivity index is 1.68. The largest absolute Gasteiger partial charge is 0.459 e. The van der Waals surface area contributed by atoms with E-state index in [0.717, 1.165) is 63.0 Å². The molecule has 4 rings (SSSR count). The first-order chi connectivity index (χ1) is 18.2. The molecule has 2 aliphatic rings. The molecule has 2 saturated heterocycles. The number of piperidine rings is 2. The molecule has 38 heavy (non-hydrogen) atoms. The van der Waals surface area contributed by atoms with Crippen LogP contribution >= 0.6 is 0 Å². The van der Waals surface area contributed by atoms with Crippen LogP contribution in [0.25, 0.3) is 0 Å². The number of ether oxygens (including phenoxy) is 2. The van der Waals surface area contributed by atoms with Crippen molar-refractivity contribution in [2.75, 3.05) is 26.2 Å². The maximum Gasteiger partial charge on any atom is 0.315 e. The second kappa shape index (κ2) is 12.4. The predicted octanol–water partition coefficient (Wildman–Crippen LogP) is 5.20. The molecule has 2 atom stereocenters. The van der Waals surface area contributed by atoms with Crippen LogP contribution in [-0.2, 0) is 19.1 Å². The maximum absolute atomic E-state index is 14.1. The summed E-state index contributed by atoms with van der Waals surface area (Å²) in [5.41, 5.74) is 0.213. The number of carbonyl (C=O) groups excluding carboxylic acids is 2. The van der Waals surface area contributed by atoms with Crippen LogP contribution in [0.5, 0.6) is 0 Å². The summed E-state index contributed by atoms with van der Waals surface area (Å²) < 4.78 is 12.6. The highest BCUT2D eigenvalue weighted by molar-refractivity contribution is 5.90. The zero-order valence-electron chi connectivity index (χ0n) is 23.4. The molecule has 0 radical (unpaired) electrons. The van der Waals surface area contributed by atoms with Crippen molar-refractivity contribution >= 4 is 11.9 Å². The number of esters is 2. The average Bonchev–Trinajstić information content (AvgIpc) is 2.93. The third kappa shape index (κ3) is 6.83. The predicted molar refractivity (Wildman–Crippen MR) is 150 cm³/mol. The fourth-order valence-corrected chi connectivity index (χ4v) is 6.10. The van der Waals surface area contributed by atoms with E-state index in [9.17, 15) is 9.59 Å². The van der Waals surface area contributed by atoms with Gasteiger partial charge in [-0.05, 0) is 90.7 Å². The van der Waals surface area contributed by atoms with Gasteiger partial charge in [0.25, 0.3) is 0 Å². The van der Waals surface area contributed by atoms with Crippen molar-refractivity contribution in [1.29, 1.82) is 0 Å². The molecule has 2 N–H and O–H groups in total. The molecule has 0 saturated carbocycles. The number of nitrogens with one attached hydrogen (secondary N) is 2.